The predicted octanol–water partition coefficient (Wildman–Crippen LogP) is 4.11. The van der Waals surface area contributed by atoms with Crippen molar-refractivity contribution in [2.24, 2.45) is 10.9 Å². The predicted molar refractivity (Wildman–Crippen MR) is 123 cm³/mol. The molecular weight excluding hydrogens is 487 g/mol. The average Bonchev–Trinajstić information content (AvgIpc) is 2.99. The van der Waals surface area contributed by atoms with Crippen LogP contribution in [0.5, 0.6) is 0 Å². The summed E-state index contributed by atoms with van der Waals surface area (Å²) in [6.45, 7) is 2.84. The summed E-state index contributed by atoms with van der Waals surface area (Å²) < 4.78 is 11.1. The van der Waals surface area contributed by atoms with Crippen LogP contribution in [0, 0.1) is 5.92 Å². The van der Waals surface area contributed by atoms with E-state index in [9.17, 15) is 9.90 Å². The molecule has 0 saturated heterocycles. The SMILES string of the molecule is CC1CC(O)CCCCN=C(OCC(=O)N(C)OCC2CCCCCC2)O1.CI. The van der Waals surface area contributed by atoms with E-state index in [0.717, 1.165) is 19.3 Å². The molecule has 0 aromatic rings. The standard InChI is InChI=1S/C20H36N2O5.CH3I/c1-16-13-18(23)11-7-8-12-21-20(27-16)25-15-19(24)22(2)26-14-17-9-5-3-4-6-10-17;1-2/h16-18,23H,3-15H2,1-2H3;1H3. The summed E-state index contributed by atoms with van der Waals surface area (Å²) in [6.07, 6.45) is 10.1. The molecule has 2 atom stereocenters. The van der Waals surface area contributed by atoms with Crippen LogP contribution in [-0.2, 0) is 19.1 Å². The molecule has 0 aromatic heterocycles. The Hall–Kier alpha value is -0.610. The number of aliphatic hydroxyl groups is 1. The van der Waals surface area contributed by atoms with Crippen molar-refractivity contribution in [1.82, 2.24) is 5.06 Å². The van der Waals surface area contributed by atoms with Gasteiger partial charge >= 0.3 is 6.08 Å². The molecule has 0 bridgehead atoms. The maximum atomic E-state index is 12.3. The first-order valence-electron chi connectivity index (χ1n) is 10.8. The van der Waals surface area contributed by atoms with Gasteiger partial charge < -0.3 is 14.6 Å². The van der Waals surface area contributed by atoms with Gasteiger partial charge in [0.15, 0.2) is 6.61 Å². The van der Waals surface area contributed by atoms with E-state index in [-0.39, 0.29) is 30.8 Å². The van der Waals surface area contributed by atoms with Crippen molar-refractivity contribution in [3.8, 4) is 0 Å². The van der Waals surface area contributed by atoms with Crippen molar-refractivity contribution in [3.63, 3.8) is 0 Å². The van der Waals surface area contributed by atoms with Gasteiger partial charge in [-0.1, -0.05) is 48.3 Å². The topological polar surface area (TPSA) is 80.6 Å². The molecule has 1 heterocycles. The Bertz CT molecular complexity index is 470. The highest BCUT2D eigenvalue weighted by molar-refractivity contribution is 14.1. The van der Waals surface area contributed by atoms with Gasteiger partial charge in [0, 0.05) is 20.0 Å². The first-order valence-corrected chi connectivity index (χ1v) is 13.0. The number of hydroxylamine groups is 2. The van der Waals surface area contributed by atoms with Crippen LogP contribution in [0.1, 0.15) is 71.1 Å². The van der Waals surface area contributed by atoms with E-state index >= 15 is 0 Å². The average molecular weight is 526 g/mol. The van der Waals surface area contributed by atoms with Gasteiger partial charge in [-0.2, -0.15) is 0 Å². The third-order valence-corrected chi connectivity index (χ3v) is 5.24. The highest BCUT2D eigenvalue weighted by Crippen LogP contribution is 2.23. The van der Waals surface area contributed by atoms with Gasteiger partial charge in [0.2, 0.25) is 0 Å². The van der Waals surface area contributed by atoms with Crippen LogP contribution in [0.15, 0.2) is 4.99 Å². The smallest absolute Gasteiger partial charge is 0.384 e. The zero-order valence-corrected chi connectivity index (χ0v) is 20.4. The summed E-state index contributed by atoms with van der Waals surface area (Å²) >= 11 is 2.15. The molecule has 8 heteroatoms. The maximum absolute atomic E-state index is 12.3. The molecule has 1 saturated carbocycles. The first kappa shape index (κ1) is 26.4. The van der Waals surface area contributed by atoms with Gasteiger partial charge in [-0.15, -0.1) is 0 Å². The summed E-state index contributed by atoms with van der Waals surface area (Å²) in [5.41, 5.74) is 0. The second-order valence-corrected chi connectivity index (χ2v) is 7.79. The fourth-order valence-electron chi connectivity index (χ4n) is 3.53. The van der Waals surface area contributed by atoms with Gasteiger partial charge in [-0.25, -0.2) is 10.1 Å². The third-order valence-electron chi connectivity index (χ3n) is 5.24. The Kier molecular flexibility index (Phi) is 14.7. The number of nitrogens with zero attached hydrogens (tertiary/aromatic N) is 2. The van der Waals surface area contributed by atoms with Crippen molar-refractivity contribution in [2.45, 2.75) is 83.3 Å². The monoisotopic (exact) mass is 526 g/mol. The van der Waals surface area contributed by atoms with Gasteiger partial charge in [0.25, 0.3) is 5.91 Å². The van der Waals surface area contributed by atoms with Gasteiger partial charge in [0.1, 0.15) is 6.10 Å². The minimum absolute atomic E-state index is 0.127. The highest BCUT2D eigenvalue weighted by Gasteiger charge is 2.19. The molecular formula is C21H39IN2O5. The van der Waals surface area contributed by atoms with Crippen molar-refractivity contribution in [2.75, 3.05) is 31.7 Å². The number of likely N-dealkylation sites (N-methyl/N-ethyl adjacent to an activating group) is 1. The molecule has 2 unspecified atom stereocenters. The number of hydrogen-bond acceptors (Lipinski definition) is 6. The second-order valence-electron chi connectivity index (χ2n) is 7.79. The lowest BCUT2D eigenvalue weighted by atomic mass is 10.0. The zero-order valence-electron chi connectivity index (χ0n) is 18.3. The van der Waals surface area contributed by atoms with Crippen molar-refractivity contribution < 1.29 is 24.2 Å². The summed E-state index contributed by atoms with van der Waals surface area (Å²) in [4.78, 5) is 24.2. The van der Waals surface area contributed by atoms with Crippen molar-refractivity contribution in [3.05, 3.63) is 0 Å². The van der Waals surface area contributed by atoms with E-state index in [1.54, 1.807) is 7.05 Å². The fourth-order valence-corrected chi connectivity index (χ4v) is 3.53. The number of alkyl halides is 1. The molecule has 170 valence electrons. The molecule has 1 N–H and O–H groups in total. The summed E-state index contributed by atoms with van der Waals surface area (Å²) in [5.74, 6) is 0.265. The Labute approximate surface area is 189 Å². The normalized spacial score (nSPS) is 24.1. The van der Waals surface area contributed by atoms with E-state index in [4.69, 9.17) is 14.3 Å². The molecule has 7 nitrogen and oxygen atoms in total. The van der Waals surface area contributed by atoms with Gasteiger partial charge in [-0.05, 0) is 49.9 Å². The number of hydrogen-bond donors (Lipinski definition) is 1. The van der Waals surface area contributed by atoms with Crippen LogP contribution < -0.4 is 0 Å². The molecule has 1 fully saturated rings. The van der Waals surface area contributed by atoms with Crippen LogP contribution in [0.25, 0.3) is 0 Å². The van der Waals surface area contributed by atoms with Gasteiger partial charge in [-0.3, -0.25) is 9.63 Å². The minimum atomic E-state index is -0.371. The number of carbonyl (C=O) groups excluding carboxylic acids is 1. The van der Waals surface area contributed by atoms with Crippen LogP contribution in [0.2, 0.25) is 0 Å². The second kappa shape index (κ2) is 16.1. The van der Waals surface area contributed by atoms with E-state index in [2.05, 4.69) is 27.6 Å². The number of ether oxygens (including phenoxy) is 2. The Morgan fingerprint density at radius 2 is 1.83 bits per heavy atom. The number of carbonyl (C=O) groups is 1. The summed E-state index contributed by atoms with van der Waals surface area (Å²) in [7, 11) is 1.62. The quantitative estimate of drug-likeness (QED) is 0.253. The zero-order chi connectivity index (χ0) is 21.5. The number of aliphatic hydroxyl groups excluding tert-OH is 1. The molecule has 2 aliphatic rings. The number of halogens is 1. The molecule has 1 aliphatic heterocycles. The number of aliphatic imine (C=N–C) groups is 1. The Morgan fingerprint density at radius 1 is 1.17 bits per heavy atom. The lowest BCUT2D eigenvalue weighted by Gasteiger charge is -2.22. The highest BCUT2D eigenvalue weighted by atomic mass is 127. The maximum Gasteiger partial charge on any atom is 0.384 e. The third kappa shape index (κ3) is 12.0. The van der Waals surface area contributed by atoms with E-state index < -0.39 is 0 Å². The Balaban J connectivity index is 0.00000204. The van der Waals surface area contributed by atoms with Crippen LogP contribution in [0.3, 0.4) is 0 Å². The van der Waals surface area contributed by atoms with Crippen molar-refractivity contribution in [1.29, 1.82) is 0 Å². The number of rotatable bonds is 5. The molecule has 0 aromatic carbocycles. The van der Waals surface area contributed by atoms with Crippen LogP contribution in [-0.4, -0.2) is 66.1 Å². The molecule has 0 radical (unpaired) electrons. The molecule has 1 amide bonds. The van der Waals surface area contributed by atoms with E-state index in [1.807, 2.05) is 11.9 Å². The van der Waals surface area contributed by atoms with Crippen LogP contribution >= 0.6 is 22.6 Å². The first-order chi connectivity index (χ1) is 14.0. The fraction of sp³-hybridized carbons (Fsp3) is 0.905. The van der Waals surface area contributed by atoms with Crippen LogP contribution in [0.4, 0.5) is 0 Å². The molecule has 1 aliphatic carbocycles. The van der Waals surface area contributed by atoms with Gasteiger partial charge in [0.05, 0.1) is 12.7 Å². The lowest BCUT2D eigenvalue weighted by Crippen LogP contribution is -2.34. The van der Waals surface area contributed by atoms with E-state index in [1.165, 1.54) is 43.6 Å². The largest absolute Gasteiger partial charge is 0.448 e. The molecule has 2 rings (SSSR count). The van der Waals surface area contributed by atoms with E-state index in [0.29, 0.717) is 25.5 Å². The molecule has 29 heavy (non-hydrogen) atoms. The summed E-state index contributed by atoms with van der Waals surface area (Å²) in [6, 6.07) is 0. The summed E-state index contributed by atoms with van der Waals surface area (Å²) in [5, 5.41) is 11.2. The molecule has 0 spiro atoms. The number of amides is 1. The van der Waals surface area contributed by atoms with Crippen molar-refractivity contribution >= 4 is 34.6 Å². The minimum Gasteiger partial charge on any atom is -0.448 e. The lowest BCUT2D eigenvalue weighted by molar-refractivity contribution is -0.185. The Morgan fingerprint density at radius 3 is 2.52 bits per heavy atom.